The standard InChI is InChI=1S/C29H42N12O16P2.C24H34N12O14P2.C2HF3O2.2CH4/c1-29(2,3)56-28(45)37-14(5-4-7-36-39-32)26(43)55-22-17(54-25(21(22)42)41-13-35-20-23(31)33-12-34-24(20)41)11-52-59(49,50)57-15-9-19(40-8-6-18(30)38-27(40)44)53-16(15)10-51-58(46,47)48;25-11(2-1-4-32-34-28)23(38)49-19-14(48-22(18(19)37)36-10-31-17-20(27)29-9-30-21(17)36)8-46-52(43,44)50-12-6-16(35-5-3-15(26)33-24(35)39)47-13(12)7-45-51(40,41)42;3-2(4,5)1(6)7;;/h6,8,12-17,19,21-22,25,42H,4-5,7,9-11H2,1-3H3,(H,37,45)(H,49,50)(H2,30,38,44)(H2,31,33,34)(H2,46,47,48);3,5,9-14,16,18-19,22,37H,1-2,4,6-8,25H2,(H,43,44)(H2,26,33,39)(H2,27,29,30)(H2,40,41,42);(H,6,7);2*1H4/t14-,15-,16+,17+,19+,21+,22+,25+;11-,12-,13+,14+,16+,18+,19+,22+;;;/m00.../s1. The van der Waals surface area contributed by atoms with Crippen LogP contribution in [0.25, 0.3) is 43.2 Å². The molecule has 0 saturated carbocycles. The number of halogens is 3. The van der Waals surface area contributed by atoms with Gasteiger partial charge in [-0.3, -0.25) is 50.2 Å². The Kier molecular flexibility index (Phi) is 34.9. The zero-order valence-electron chi connectivity index (χ0n) is 61.1. The number of rotatable bonds is 33. The summed E-state index contributed by atoms with van der Waals surface area (Å²) in [6, 6.07) is -0.105. The summed E-state index contributed by atoms with van der Waals surface area (Å²) in [5, 5.41) is 39.2. The highest BCUT2D eigenvalue weighted by atomic mass is 31.2. The number of imidazole rings is 2. The number of esters is 2. The van der Waals surface area contributed by atoms with Gasteiger partial charge in [-0.05, 0) is 69.6 Å². The number of alkyl carbamates (subject to hydrolysis) is 1. The van der Waals surface area contributed by atoms with Gasteiger partial charge in [0.1, 0.15) is 114 Å². The van der Waals surface area contributed by atoms with E-state index in [-0.39, 0.29) is 112 Å². The van der Waals surface area contributed by atoms with Crippen LogP contribution >= 0.6 is 31.3 Å². The van der Waals surface area contributed by atoms with Crippen molar-refractivity contribution in [3.63, 3.8) is 0 Å². The minimum absolute atomic E-state index is 0. The Hall–Kier alpha value is -9.69. The smallest absolute Gasteiger partial charge is 0.475 e. The van der Waals surface area contributed by atoms with Crippen molar-refractivity contribution in [2.24, 2.45) is 16.0 Å². The van der Waals surface area contributed by atoms with Crippen LogP contribution in [0.1, 0.15) is 99.1 Å². The number of nitrogen functional groups attached to an aromatic ring is 4. The summed E-state index contributed by atoms with van der Waals surface area (Å²) in [7, 11) is -20.5. The van der Waals surface area contributed by atoms with Crippen LogP contribution in [0.3, 0.4) is 0 Å². The average Bonchev–Trinajstić information content (AvgIpc) is 1.62. The largest absolute Gasteiger partial charge is 0.490 e. The summed E-state index contributed by atoms with van der Waals surface area (Å²) in [6.07, 6.45) is -20.2. The summed E-state index contributed by atoms with van der Waals surface area (Å²) in [6.45, 7) is 1.30. The number of carboxylic acid groups (broad SMARTS) is 1. The summed E-state index contributed by atoms with van der Waals surface area (Å²) < 4.78 is 156. The average molecular weight is 1800 g/mol. The number of azide groups is 2. The number of hydrogen-bond acceptors (Lipinski definition) is 40. The fourth-order valence-electron chi connectivity index (χ4n) is 11.3. The van der Waals surface area contributed by atoms with Gasteiger partial charge in [0, 0.05) is 48.1 Å². The minimum Gasteiger partial charge on any atom is -0.475 e. The first-order valence-electron chi connectivity index (χ1n) is 33.9. The first kappa shape index (κ1) is 99.1. The maximum Gasteiger partial charge on any atom is 0.490 e. The number of nitrogens with zero attached hydrogens (tertiary/aromatic N) is 18. The number of ether oxygens (including phenoxy) is 7. The number of hydrogen-bond donors (Lipinski definition) is 15. The Morgan fingerprint density at radius 3 is 1.38 bits per heavy atom. The number of aliphatic hydroxyl groups is 2. The number of phosphoric ester groups is 4. The second-order valence-corrected chi connectivity index (χ2v) is 31.4. The number of fused-ring (bicyclic) bond motifs is 2. The van der Waals surface area contributed by atoms with E-state index in [2.05, 4.69) is 74.3 Å². The van der Waals surface area contributed by atoms with E-state index >= 15 is 0 Å². The van der Waals surface area contributed by atoms with Crippen LogP contribution in [0, 0.1) is 0 Å². The molecule has 0 spiro atoms. The quantitative estimate of drug-likeness (QED) is 0.00518. The summed E-state index contributed by atoms with van der Waals surface area (Å²) >= 11 is 0. The molecule has 10 heterocycles. The molecule has 2 unspecified atom stereocenters. The summed E-state index contributed by atoms with van der Waals surface area (Å²) in [5.74, 6) is -5.07. The molecule has 666 valence electrons. The molecule has 56 nitrogen and oxygen atoms in total. The van der Waals surface area contributed by atoms with Crippen molar-refractivity contribution in [3.8, 4) is 0 Å². The second-order valence-electron chi connectivity index (χ2n) is 26.1. The number of aromatic nitrogens is 12. The fraction of sp³-hybridized carbons (Fsp3) is 0.614. The lowest BCUT2D eigenvalue weighted by Gasteiger charge is -2.26. The number of nitrogens with two attached hydrogens (primary N) is 5. The van der Waals surface area contributed by atoms with Gasteiger partial charge in [0.25, 0.3) is 0 Å². The van der Waals surface area contributed by atoms with Crippen molar-refractivity contribution in [2.75, 3.05) is 62.5 Å². The number of aliphatic carboxylic acids is 1. The van der Waals surface area contributed by atoms with Gasteiger partial charge in [0.2, 0.25) is 0 Å². The lowest BCUT2D eigenvalue weighted by Crippen LogP contribution is -2.47. The van der Waals surface area contributed by atoms with Crippen LogP contribution in [0.2, 0.25) is 0 Å². The molecule has 4 saturated heterocycles. The van der Waals surface area contributed by atoms with E-state index in [1.807, 2.05) is 0 Å². The third-order valence-electron chi connectivity index (χ3n) is 16.5. The molecule has 4 aliphatic rings. The van der Waals surface area contributed by atoms with Crippen molar-refractivity contribution in [1.82, 2.24) is 63.5 Å². The topological polar surface area (TPSA) is 835 Å². The van der Waals surface area contributed by atoms with E-state index in [1.165, 1.54) is 46.3 Å². The highest BCUT2D eigenvalue weighted by Crippen LogP contribution is 2.52. The highest BCUT2D eigenvalue weighted by Gasteiger charge is 2.53. The number of aliphatic hydroxyl groups excluding tert-OH is 2. The van der Waals surface area contributed by atoms with Crippen LogP contribution in [0.4, 0.5) is 41.2 Å². The maximum absolute atomic E-state index is 13.7. The molecule has 63 heteroatoms. The van der Waals surface area contributed by atoms with Crippen molar-refractivity contribution < 1.29 is 156 Å². The number of amides is 1. The first-order chi connectivity index (χ1) is 55.1. The van der Waals surface area contributed by atoms with E-state index in [0.717, 1.165) is 21.8 Å². The zero-order valence-corrected chi connectivity index (χ0v) is 64.7. The van der Waals surface area contributed by atoms with Gasteiger partial charge in [0.05, 0.1) is 39.1 Å². The molecule has 1 amide bonds. The predicted octanol–water partition coefficient (Wildman–Crippen LogP) is 0.941. The number of phosphoric acid groups is 4. The van der Waals surface area contributed by atoms with Gasteiger partial charge >= 0.3 is 72.8 Å². The van der Waals surface area contributed by atoms with Gasteiger partial charge in [0.15, 0.2) is 47.6 Å². The second kappa shape index (κ2) is 42.2. The Morgan fingerprint density at radius 1 is 0.617 bits per heavy atom. The molecule has 0 aromatic carbocycles. The van der Waals surface area contributed by atoms with Crippen LogP contribution in [0.5, 0.6) is 0 Å². The monoisotopic (exact) mass is 1800 g/mol. The number of alkyl halides is 3. The summed E-state index contributed by atoms with van der Waals surface area (Å²) in [5.41, 5.74) is 43.7. The van der Waals surface area contributed by atoms with Crippen LogP contribution in [-0.4, -0.2) is 251 Å². The number of carboxylic acids is 1. The molecule has 6 aromatic rings. The molecule has 0 bridgehead atoms. The maximum atomic E-state index is 13.7. The van der Waals surface area contributed by atoms with Crippen LogP contribution in [0.15, 0.2) is 69.7 Å². The molecule has 10 rings (SSSR count). The van der Waals surface area contributed by atoms with Gasteiger partial charge in [-0.25, -0.2) is 72.1 Å². The molecular weight excluding hydrogens is 1710 g/mol. The first-order valence-corrected chi connectivity index (χ1v) is 39.9. The number of nitrogens with one attached hydrogen (secondary N) is 1. The Balaban J connectivity index is 0.000000341. The lowest BCUT2D eigenvalue weighted by atomic mass is 10.1. The van der Waals surface area contributed by atoms with E-state index in [0.29, 0.717) is 0 Å². The molecule has 6 aromatic heterocycles. The van der Waals surface area contributed by atoms with Crippen molar-refractivity contribution in [1.29, 1.82) is 0 Å². The minimum atomic E-state index is -5.24. The van der Waals surface area contributed by atoms with E-state index < -0.39 is 203 Å². The van der Waals surface area contributed by atoms with E-state index in [1.54, 1.807) is 20.8 Å². The van der Waals surface area contributed by atoms with Gasteiger partial charge < -0.3 is 112 Å². The molecule has 20 N–H and O–H groups in total. The van der Waals surface area contributed by atoms with Gasteiger partial charge in [-0.15, -0.1) is 0 Å². The van der Waals surface area contributed by atoms with Crippen LogP contribution < -0.4 is 45.4 Å². The number of anilines is 4. The molecule has 4 fully saturated rings. The lowest BCUT2D eigenvalue weighted by molar-refractivity contribution is -0.192. The molecule has 0 radical (unpaired) electrons. The fourth-order valence-corrected chi connectivity index (χ4v) is 13.9. The Labute approximate surface area is 671 Å². The molecule has 120 heavy (non-hydrogen) atoms. The third kappa shape index (κ3) is 27.9. The Morgan fingerprint density at radius 2 is 1.01 bits per heavy atom. The summed E-state index contributed by atoms with van der Waals surface area (Å²) in [4.78, 5) is 168. The molecular formula is C57H85F3N24O32P4. The number of carbonyl (C=O) groups is 4. The van der Waals surface area contributed by atoms with Crippen LogP contribution in [-0.2, 0) is 92.9 Å². The molecule has 0 aliphatic carbocycles. The zero-order chi connectivity index (χ0) is 87.2. The Bertz CT molecular complexity index is 4970. The predicted molar refractivity (Wildman–Crippen MR) is 394 cm³/mol. The SMILES string of the molecule is C.C.CC(C)(C)OC(=O)N[C@@H](CCCN=[N+]=[N-])C(=O)O[C@H]1[C@@H](O)[C@H](n2cnc3c(N)ncnc32)O[C@@H]1COP(=O)(O)O[C@H]1C[C@H](n2ccc(N)nc2=O)O[C@@H]1COP(=O)(O)O.O=C(O)C(F)(F)F.[N-]=[N+]=NCCC[C@H](N)C(=O)O[C@H]1[C@@H](O)[C@H](n2cnc3c(N)ncnc32)O[C@@H]1COP(=O)(O)O[C@H]1C[C@H](n2ccc(N)nc2=O)O[C@@H]1COP(=O)(O)O. The van der Waals surface area contributed by atoms with Crippen molar-refractivity contribution in [3.05, 3.63) is 91.7 Å². The highest BCUT2D eigenvalue weighted by molar-refractivity contribution is 7.47. The van der Waals surface area contributed by atoms with Gasteiger partial charge in [-0.2, -0.15) is 23.1 Å². The molecule has 4 aliphatic heterocycles. The van der Waals surface area contributed by atoms with E-state index in [9.17, 15) is 95.0 Å². The normalized spacial score (nSPS) is 24.4. The van der Waals surface area contributed by atoms with Crippen molar-refractivity contribution >= 4 is 101 Å². The third-order valence-corrected chi connectivity index (χ3v) is 19.5. The molecule has 18 atom stereocenters. The van der Waals surface area contributed by atoms with Crippen molar-refractivity contribution in [2.45, 2.75) is 184 Å². The number of carbonyl (C=O) groups excluding carboxylic acids is 3. The van der Waals surface area contributed by atoms with E-state index in [4.69, 9.17) is 101 Å². The van der Waals surface area contributed by atoms with Gasteiger partial charge in [-0.1, -0.05) is 25.1 Å².